The number of hydrogen-bond acceptors (Lipinski definition) is 8. The van der Waals surface area contributed by atoms with Gasteiger partial charge in [-0.15, -0.1) is 0 Å². The van der Waals surface area contributed by atoms with Crippen molar-refractivity contribution in [3.63, 3.8) is 0 Å². The average Bonchev–Trinajstić information content (AvgIpc) is 3.12. The first kappa shape index (κ1) is 43.0. The van der Waals surface area contributed by atoms with Crippen molar-refractivity contribution in [2.45, 2.75) is 144 Å². The minimum Gasteiger partial charge on any atom is -0.488 e. The molecule has 290 valence electrons. The molecular formula is C44H66O8. The van der Waals surface area contributed by atoms with Crippen molar-refractivity contribution in [1.29, 1.82) is 0 Å². The first-order valence-electron chi connectivity index (χ1n) is 20.1. The summed E-state index contributed by atoms with van der Waals surface area (Å²) >= 11 is 0. The number of hydrogen-bond donors (Lipinski definition) is 0. The fourth-order valence-corrected chi connectivity index (χ4v) is 6.22. The van der Waals surface area contributed by atoms with Gasteiger partial charge >= 0.3 is 11.9 Å². The molecule has 0 amide bonds. The van der Waals surface area contributed by atoms with Gasteiger partial charge in [0.25, 0.3) is 0 Å². The Hall–Kier alpha value is -3.36. The van der Waals surface area contributed by atoms with Crippen molar-refractivity contribution in [3.05, 3.63) is 47.5 Å². The summed E-state index contributed by atoms with van der Waals surface area (Å²) in [6.07, 6.45) is 12.5. The van der Waals surface area contributed by atoms with Crippen LogP contribution in [0.1, 0.15) is 129 Å². The van der Waals surface area contributed by atoms with Crippen molar-refractivity contribution >= 4 is 33.5 Å². The van der Waals surface area contributed by atoms with Crippen molar-refractivity contribution < 1.29 is 38.0 Å². The molecule has 0 aliphatic heterocycles. The van der Waals surface area contributed by atoms with Gasteiger partial charge in [0.05, 0.1) is 13.2 Å². The number of fused-ring (bicyclic) bond motifs is 2. The smallest absolute Gasteiger partial charge is 0.306 e. The number of carbonyl (C=O) groups is 2. The summed E-state index contributed by atoms with van der Waals surface area (Å²) < 4.78 is 37.0. The number of benzene rings is 3. The molecule has 0 saturated carbocycles. The van der Waals surface area contributed by atoms with Gasteiger partial charge in [-0.05, 0) is 51.7 Å². The Labute approximate surface area is 313 Å². The van der Waals surface area contributed by atoms with E-state index in [4.69, 9.17) is 28.4 Å². The van der Waals surface area contributed by atoms with Crippen LogP contribution in [0.3, 0.4) is 0 Å². The predicted octanol–water partition coefficient (Wildman–Crippen LogP) is 10.8. The standard InChI is InChI=1S/C44H66O8/c1-7-11-13-15-17-25-47-29-35(51-41(45)19-9-3)31-49-43-37-23-21-34(6)28-40(37)44(38-24-22-33(5)27-39(38)43)50-32-36(52-42(46)20-10-4)30-48-26-18-16-14-12-8-2/h21-24,27-28,35-36H,7-20,25-26,29-32H2,1-6H3. The normalized spacial score (nSPS) is 12.6. The number of ether oxygens (including phenoxy) is 6. The molecule has 0 bridgehead atoms. The fraction of sp³-hybridized carbons (Fsp3) is 0.636. The summed E-state index contributed by atoms with van der Waals surface area (Å²) in [5, 5.41) is 3.56. The van der Waals surface area contributed by atoms with E-state index in [-0.39, 0.29) is 38.4 Å². The number of rotatable bonds is 28. The molecule has 0 aliphatic rings. The minimum atomic E-state index is -0.545. The summed E-state index contributed by atoms with van der Waals surface area (Å²) in [4.78, 5) is 25.2. The topological polar surface area (TPSA) is 89.5 Å². The molecule has 8 heteroatoms. The molecule has 8 nitrogen and oxygen atoms in total. The van der Waals surface area contributed by atoms with Crippen LogP contribution in [-0.2, 0) is 28.5 Å². The van der Waals surface area contributed by atoms with Gasteiger partial charge < -0.3 is 28.4 Å². The lowest BCUT2D eigenvalue weighted by atomic mass is 9.97. The van der Waals surface area contributed by atoms with Crippen LogP contribution in [0.2, 0.25) is 0 Å². The molecule has 0 spiro atoms. The molecule has 0 radical (unpaired) electrons. The van der Waals surface area contributed by atoms with Crippen LogP contribution in [0, 0.1) is 13.8 Å². The van der Waals surface area contributed by atoms with Crippen LogP contribution in [-0.4, -0.2) is 63.8 Å². The van der Waals surface area contributed by atoms with Gasteiger partial charge in [-0.2, -0.15) is 0 Å². The summed E-state index contributed by atoms with van der Waals surface area (Å²) in [5.74, 6) is 0.911. The van der Waals surface area contributed by atoms with Gasteiger partial charge in [-0.25, -0.2) is 0 Å². The highest BCUT2D eigenvalue weighted by Gasteiger charge is 2.22. The van der Waals surface area contributed by atoms with Crippen LogP contribution < -0.4 is 9.47 Å². The van der Waals surface area contributed by atoms with Gasteiger partial charge in [0.15, 0.2) is 12.2 Å². The molecule has 3 rings (SSSR count). The molecule has 0 aliphatic carbocycles. The Morgan fingerprint density at radius 2 is 0.904 bits per heavy atom. The molecule has 0 fully saturated rings. The maximum absolute atomic E-state index is 12.6. The Bertz CT molecular complexity index is 1370. The molecule has 0 aromatic heterocycles. The lowest BCUT2D eigenvalue weighted by molar-refractivity contribution is -0.155. The highest BCUT2D eigenvalue weighted by Crippen LogP contribution is 2.43. The van der Waals surface area contributed by atoms with Gasteiger partial charge in [0.1, 0.15) is 24.7 Å². The molecule has 2 unspecified atom stereocenters. The van der Waals surface area contributed by atoms with E-state index >= 15 is 0 Å². The lowest BCUT2D eigenvalue weighted by Gasteiger charge is -2.23. The molecule has 0 N–H and O–H groups in total. The van der Waals surface area contributed by atoms with Gasteiger partial charge in [0, 0.05) is 47.6 Å². The molecule has 2 atom stereocenters. The maximum atomic E-state index is 12.6. The largest absolute Gasteiger partial charge is 0.488 e. The van der Waals surface area contributed by atoms with Crippen LogP contribution in [0.25, 0.3) is 21.5 Å². The Kier molecular flexibility index (Phi) is 20.5. The van der Waals surface area contributed by atoms with E-state index in [9.17, 15) is 9.59 Å². The van der Waals surface area contributed by atoms with E-state index in [0.29, 0.717) is 50.4 Å². The highest BCUT2D eigenvalue weighted by molar-refractivity contribution is 6.11. The SMILES string of the molecule is CCCCCCCOCC(COc1c2ccc(C)cc2c(OCC(COCCCCCCC)OC(=O)CCC)c2ccc(C)cc12)OC(=O)CCC. The van der Waals surface area contributed by atoms with Gasteiger partial charge in [-0.1, -0.05) is 114 Å². The Balaban J connectivity index is 1.87. The number of unbranched alkanes of at least 4 members (excludes halogenated alkanes) is 8. The zero-order valence-electron chi connectivity index (χ0n) is 33.0. The molecule has 3 aromatic rings. The maximum Gasteiger partial charge on any atom is 0.306 e. The average molecular weight is 723 g/mol. The summed E-state index contributed by atoms with van der Waals surface area (Å²) in [6.45, 7) is 14.6. The first-order chi connectivity index (χ1) is 25.3. The Morgan fingerprint density at radius 1 is 0.500 bits per heavy atom. The molecule has 0 saturated heterocycles. The second kappa shape index (κ2) is 24.8. The van der Waals surface area contributed by atoms with Gasteiger partial charge in [0.2, 0.25) is 0 Å². The lowest BCUT2D eigenvalue weighted by Crippen LogP contribution is -2.30. The van der Waals surface area contributed by atoms with Crippen molar-refractivity contribution in [3.8, 4) is 11.5 Å². The van der Waals surface area contributed by atoms with E-state index in [1.54, 1.807) is 0 Å². The molecule has 3 aromatic carbocycles. The fourth-order valence-electron chi connectivity index (χ4n) is 6.22. The summed E-state index contributed by atoms with van der Waals surface area (Å²) in [6, 6.07) is 12.4. The van der Waals surface area contributed by atoms with Crippen LogP contribution in [0.5, 0.6) is 11.5 Å². The number of carbonyl (C=O) groups excluding carboxylic acids is 2. The zero-order valence-corrected chi connectivity index (χ0v) is 33.0. The van der Waals surface area contributed by atoms with E-state index in [2.05, 4.69) is 64.1 Å². The quantitative estimate of drug-likeness (QED) is 0.0416. The third kappa shape index (κ3) is 14.9. The van der Waals surface area contributed by atoms with Crippen LogP contribution >= 0.6 is 0 Å². The van der Waals surface area contributed by atoms with Crippen LogP contribution in [0.4, 0.5) is 0 Å². The monoisotopic (exact) mass is 722 g/mol. The molecular weight excluding hydrogens is 656 g/mol. The number of aryl methyl sites for hydroxylation is 2. The van der Waals surface area contributed by atoms with E-state index in [0.717, 1.165) is 58.4 Å². The third-order valence-corrected chi connectivity index (χ3v) is 9.05. The van der Waals surface area contributed by atoms with E-state index in [1.165, 1.54) is 38.5 Å². The second-order valence-corrected chi connectivity index (χ2v) is 14.1. The molecule has 52 heavy (non-hydrogen) atoms. The molecule has 0 heterocycles. The van der Waals surface area contributed by atoms with Gasteiger partial charge in [-0.3, -0.25) is 9.59 Å². The highest BCUT2D eigenvalue weighted by atomic mass is 16.6. The summed E-state index contributed by atoms with van der Waals surface area (Å²) in [7, 11) is 0. The van der Waals surface area contributed by atoms with E-state index < -0.39 is 12.2 Å². The Morgan fingerprint density at radius 3 is 1.29 bits per heavy atom. The third-order valence-electron chi connectivity index (χ3n) is 9.05. The minimum absolute atomic E-state index is 0.156. The predicted molar refractivity (Wildman–Crippen MR) is 211 cm³/mol. The van der Waals surface area contributed by atoms with Crippen molar-refractivity contribution in [2.24, 2.45) is 0 Å². The van der Waals surface area contributed by atoms with Crippen molar-refractivity contribution in [2.75, 3.05) is 39.6 Å². The van der Waals surface area contributed by atoms with Crippen LogP contribution in [0.15, 0.2) is 36.4 Å². The summed E-state index contributed by atoms with van der Waals surface area (Å²) in [5.41, 5.74) is 2.15. The number of esters is 2. The van der Waals surface area contributed by atoms with E-state index in [1.807, 2.05) is 13.8 Å². The second-order valence-electron chi connectivity index (χ2n) is 14.1. The zero-order chi connectivity index (χ0) is 37.6. The van der Waals surface area contributed by atoms with Crippen molar-refractivity contribution in [1.82, 2.24) is 0 Å². The first-order valence-corrected chi connectivity index (χ1v) is 20.1.